The third-order valence-corrected chi connectivity index (χ3v) is 4.40. The van der Waals surface area contributed by atoms with Gasteiger partial charge in [-0.3, -0.25) is 0 Å². The van der Waals surface area contributed by atoms with Crippen LogP contribution >= 0.6 is 0 Å². The molecule has 0 unspecified atom stereocenters. The minimum absolute atomic E-state index is 0.563. The van der Waals surface area contributed by atoms with E-state index in [-0.39, 0.29) is 0 Å². The fourth-order valence-electron chi connectivity index (χ4n) is 3.29. The second-order valence-electron chi connectivity index (χ2n) is 5.61. The smallest absolute Gasteiger partial charge is 0.229 e. The second kappa shape index (κ2) is 3.29. The summed E-state index contributed by atoms with van der Waals surface area (Å²) in [5, 5.41) is 7.65. The van der Waals surface area contributed by atoms with Crippen LogP contribution in [0, 0.1) is 11.8 Å². The van der Waals surface area contributed by atoms with Gasteiger partial charge in [-0.1, -0.05) is 5.16 Å². The summed E-state index contributed by atoms with van der Waals surface area (Å²) < 4.78 is 5.35. The van der Waals surface area contributed by atoms with Gasteiger partial charge in [-0.25, -0.2) is 0 Å². The van der Waals surface area contributed by atoms with Crippen molar-refractivity contribution in [3.63, 3.8) is 0 Å². The molecule has 0 amide bonds. The number of fused-ring (bicyclic) bond motifs is 1. The molecular weight excluding hydrogens is 202 g/mol. The van der Waals surface area contributed by atoms with E-state index >= 15 is 0 Å². The van der Waals surface area contributed by atoms with Gasteiger partial charge in [0.2, 0.25) is 5.89 Å². The molecule has 4 rings (SSSR count). The van der Waals surface area contributed by atoms with Gasteiger partial charge in [0, 0.05) is 11.8 Å². The first-order valence-electron chi connectivity index (χ1n) is 6.44. The molecule has 3 atom stereocenters. The molecular formula is C12H17N3O. The average molecular weight is 219 g/mol. The predicted molar refractivity (Wildman–Crippen MR) is 58.1 cm³/mol. The molecule has 16 heavy (non-hydrogen) atoms. The molecule has 4 heteroatoms. The minimum Gasteiger partial charge on any atom is -0.339 e. The zero-order valence-electron chi connectivity index (χ0n) is 9.35. The first-order chi connectivity index (χ1) is 7.90. The molecule has 1 saturated heterocycles. The number of nitrogens with zero attached hydrogens (tertiary/aromatic N) is 2. The van der Waals surface area contributed by atoms with E-state index in [1.807, 2.05) is 0 Å². The van der Waals surface area contributed by atoms with Crippen molar-refractivity contribution in [1.29, 1.82) is 0 Å². The minimum atomic E-state index is 0.563. The Bertz CT molecular complexity index is 387. The molecule has 0 spiro atoms. The molecule has 0 bridgehead atoms. The maximum Gasteiger partial charge on any atom is 0.229 e. The largest absolute Gasteiger partial charge is 0.339 e. The molecule has 1 aromatic heterocycles. The molecule has 1 N–H and O–H groups in total. The second-order valence-corrected chi connectivity index (χ2v) is 5.61. The van der Waals surface area contributed by atoms with Gasteiger partial charge in [0.25, 0.3) is 0 Å². The Morgan fingerprint density at radius 1 is 1.06 bits per heavy atom. The van der Waals surface area contributed by atoms with Crippen molar-refractivity contribution >= 4 is 0 Å². The van der Waals surface area contributed by atoms with Gasteiger partial charge < -0.3 is 9.84 Å². The van der Waals surface area contributed by atoms with Gasteiger partial charge in [0.15, 0.2) is 5.82 Å². The molecule has 0 radical (unpaired) electrons. The van der Waals surface area contributed by atoms with Gasteiger partial charge in [-0.15, -0.1) is 0 Å². The lowest BCUT2D eigenvalue weighted by Gasteiger charge is -2.04. The van der Waals surface area contributed by atoms with E-state index in [9.17, 15) is 0 Å². The Labute approximate surface area is 94.8 Å². The van der Waals surface area contributed by atoms with Crippen LogP contribution in [0.1, 0.15) is 49.2 Å². The summed E-state index contributed by atoms with van der Waals surface area (Å²) in [4.78, 5) is 4.58. The fourth-order valence-corrected chi connectivity index (χ4v) is 3.29. The van der Waals surface area contributed by atoms with E-state index in [0.29, 0.717) is 11.8 Å². The van der Waals surface area contributed by atoms with Crippen molar-refractivity contribution in [2.45, 2.75) is 37.5 Å². The molecule has 2 aliphatic carbocycles. The summed E-state index contributed by atoms with van der Waals surface area (Å²) in [6, 6.07) is 0. The lowest BCUT2D eigenvalue weighted by atomic mass is 10.0. The highest BCUT2D eigenvalue weighted by Crippen LogP contribution is 2.44. The van der Waals surface area contributed by atoms with E-state index < -0.39 is 0 Å². The van der Waals surface area contributed by atoms with Crippen LogP contribution in [0.4, 0.5) is 0 Å². The van der Waals surface area contributed by atoms with Crippen LogP contribution in [0.25, 0.3) is 0 Å². The van der Waals surface area contributed by atoms with Crippen molar-refractivity contribution in [2.24, 2.45) is 11.8 Å². The molecule has 4 nitrogen and oxygen atoms in total. The molecule has 3 fully saturated rings. The SMILES string of the molecule is C1CC1c1nc([C@@H]2C[C@H]3CNC[C@H]3C2)no1. The first kappa shape index (κ1) is 9.16. The molecule has 86 valence electrons. The Hall–Kier alpha value is -0.900. The lowest BCUT2D eigenvalue weighted by molar-refractivity contribution is 0.369. The first-order valence-corrected chi connectivity index (χ1v) is 6.44. The van der Waals surface area contributed by atoms with Crippen LogP contribution in [0.2, 0.25) is 0 Å². The van der Waals surface area contributed by atoms with Crippen molar-refractivity contribution in [1.82, 2.24) is 15.5 Å². The average Bonchev–Trinajstić information content (AvgIpc) is 2.75. The van der Waals surface area contributed by atoms with Crippen molar-refractivity contribution < 1.29 is 4.52 Å². The van der Waals surface area contributed by atoms with Gasteiger partial charge in [0.1, 0.15) is 0 Å². The summed E-state index contributed by atoms with van der Waals surface area (Å²) in [6.07, 6.45) is 4.98. The maximum absolute atomic E-state index is 5.35. The van der Waals surface area contributed by atoms with Crippen LogP contribution in [-0.2, 0) is 0 Å². The van der Waals surface area contributed by atoms with E-state index in [1.165, 1.54) is 38.8 Å². The predicted octanol–water partition coefficient (Wildman–Crippen LogP) is 1.66. The van der Waals surface area contributed by atoms with Crippen LogP contribution in [-0.4, -0.2) is 23.2 Å². The normalized spacial score (nSPS) is 37.9. The van der Waals surface area contributed by atoms with E-state index in [4.69, 9.17) is 4.52 Å². The third-order valence-electron chi connectivity index (χ3n) is 4.40. The van der Waals surface area contributed by atoms with Crippen molar-refractivity contribution in [3.8, 4) is 0 Å². The highest BCUT2D eigenvalue weighted by molar-refractivity contribution is 5.08. The monoisotopic (exact) mass is 219 g/mol. The van der Waals surface area contributed by atoms with Crippen molar-refractivity contribution in [3.05, 3.63) is 11.7 Å². The standard InChI is InChI=1S/C12H17N3O/c1-2-7(1)12-14-11(15-16-12)8-3-9-5-13-6-10(9)4-8/h7-10,13H,1-6H2/t8-,9+,10-. The van der Waals surface area contributed by atoms with E-state index in [1.54, 1.807) is 0 Å². The Morgan fingerprint density at radius 2 is 1.81 bits per heavy atom. The Balaban J connectivity index is 1.52. The third kappa shape index (κ3) is 1.39. The zero-order valence-corrected chi connectivity index (χ0v) is 9.35. The summed E-state index contributed by atoms with van der Waals surface area (Å²) in [5.41, 5.74) is 0. The number of nitrogens with one attached hydrogen (secondary N) is 1. The molecule has 2 saturated carbocycles. The number of hydrogen-bond acceptors (Lipinski definition) is 4. The van der Waals surface area contributed by atoms with Crippen LogP contribution in [0.15, 0.2) is 4.52 Å². The molecule has 1 aliphatic heterocycles. The molecule has 1 aromatic rings. The topological polar surface area (TPSA) is 51.0 Å². The summed E-state index contributed by atoms with van der Waals surface area (Å²) in [7, 11) is 0. The fraction of sp³-hybridized carbons (Fsp3) is 0.833. The highest BCUT2D eigenvalue weighted by atomic mass is 16.5. The van der Waals surface area contributed by atoms with Crippen molar-refractivity contribution in [2.75, 3.05) is 13.1 Å². The van der Waals surface area contributed by atoms with Gasteiger partial charge in [-0.05, 0) is 50.6 Å². The van der Waals surface area contributed by atoms with Crippen LogP contribution < -0.4 is 5.32 Å². The highest BCUT2D eigenvalue weighted by Gasteiger charge is 2.40. The molecule has 2 heterocycles. The van der Waals surface area contributed by atoms with E-state index in [0.717, 1.165) is 23.6 Å². The number of aromatic nitrogens is 2. The van der Waals surface area contributed by atoms with Gasteiger partial charge in [-0.2, -0.15) is 4.98 Å². The lowest BCUT2D eigenvalue weighted by Crippen LogP contribution is -2.11. The summed E-state index contributed by atoms with van der Waals surface area (Å²) in [6.45, 7) is 2.38. The van der Waals surface area contributed by atoms with Gasteiger partial charge in [0.05, 0.1) is 0 Å². The Kier molecular flexibility index (Phi) is 1.89. The summed E-state index contributed by atoms with van der Waals surface area (Å²) in [5.74, 6) is 4.74. The quantitative estimate of drug-likeness (QED) is 0.822. The zero-order chi connectivity index (χ0) is 10.5. The van der Waals surface area contributed by atoms with Crippen LogP contribution in [0.5, 0.6) is 0 Å². The number of hydrogen-bond donors (Lipinski definition) is 1. The molecule has 3 aliphatic rings. The van der Waals surface area contributed by atoms with Gasteiger partial charge >= 0.3 is 0 Å². The van der Waals surface area contributed by atoms with E-state index in [2.05, 4.69) is 15.5 Å². The van der Waals surface area contributed by atoms with Crippen LogP contribution in [0.3, 0.4) is 0 Å². The summed E-state index contributed by atoms with van der Waals surface area (Å²) >= 11 is 0. The molecule has 0 aromatic carbocycles. The number of rotatable bonds is 2. The Morgan fingerprint density at radius 3 is 2.50 bits per heavy atom. The maximum atomic E-state index is 5.35.